The summed E-state index contributed by atoms with van der Waals surface area (Å²) < 4.78 is 14.6. The molecule has 0 aliphatic carbocycles. The fourth-order valence-electron chi connectivity index (χ4n) is 2.18. The van der Waals surface area contributed by atoms with Crippen LogP contribution >= 0.6 is 66.5 Å². The topological polar surface area (TPSA) is 93.1 Å². The predicted octanol–water partition coefficient (Wildman–Crippen LogP) is 4.61. The third-order valence-corrected chi connectivity index (χ3v) is 6.16. The molecule has 13 heteroatoms. The minimum absolute atomic E-state index is 0.183. The Morgan fingerprint density at radius 2 is 1.89 bits per heavy atom. The van der Waals surface area contributed by atoms with E-state index in [9.17, 15) is 4.79 Å². The van der Waals surface area contributed by atoms with E-state index >= 15 is 0 Å². The molecule has 0 saturated carbocycles. The maximum Gasteiger partial charge on any atom is 0.407 e. The summed E-state index contributed by atoms with van der Waals surface area (Å²) in [5, 5.41) is 3.85. The quantitative estimate of drug-likeness (QED) is 0.582. The molecule has 150 valence electrons. The van der Waals surface area contributed by atoms with E-state index < -0.39 is 0 Å². The highest BCUT2D eigenvalue weighted by molar-refractivity contribution is 9.10. The van der Waals surface area contributed by atoms with Gasteiger partial charge in [0, 0.05) is 30.7 Å². The van der Waals surface area contributed by atoms with Crippen molar-refractivity contribution in [2.75, 3.05) is 24.6 Å². The fraction of sp³-hybridized carbons (Fsp3) is 0.643. The molecule has 1 saturated heterocycles. The van der Waals surface area contributed by atoms with Crippen LogP contribution in [0.3, 0.4) is 0 Å². The molecule has 8 nitrogen and oxygen atoms in total. The highest BCUT2D eigenvalue weighted by atomic mass is 79.9. The van der Waals surface area contributed by atoms with Crippen LogP contribution in [0.25, 0.3) is 0 Å². The lowest BCUT2D eigenvalue weighted by molar-refractivity contribution is 0.128. The summed E-state index contributed by atoms with van der Waals surface area (Å²) in [6, 6.07) is 0.183. The summed E-state index contributed by atoms with van der Waals surface area (Å²) in [4.78, 5) is 21.8. The lowest BCUT2D eigenvalue weighted by Gasteiger charge is -2.31. The predicted molar refractivity (Wildman–Crippen MR) is 115 cm³/mol. The van der Waals surface area contributed by atoms with Crippen molar-refractivity contribution in [1.29, 1.82) is 0 Å². The second-order valence-corrected chi connectivity index (χ2v) is 9.54. The van der Waals surface area contributed by atoms with Gasteiger partial charge in [0.05, 0.1) is 6.61 Å². The van der Waals surface area contributed by atoms with E-state index in [1.165, 1.54) is 11.5 Å². The van der Waals surface area contributed by atoms with Gasteiger partial charge in [-0.1, -0.05) is 13.8 Å². The number of carbonyl (C=O) groups is 1. The van der Waals surface area contributed by atoms with Crippen LogP contribution in [0.15, 0.2) is 9.47 Å². The van der Waals surface area contributed by atoms with E-state index in [0.717, 1.165) is 42.6 Å². The molecule has 3 heterocycles. The lowest BCUT2D eigenvalue weighted by atomic mass is 10.1. The number of carbonyl (C=O) groups excluding carboxylic acids is 1. The molecule has 0 bridgehead atoms. The summed E-state index contributed by atoms with van der Waals surface area (Å²) in [5.74, 6) is 0.360. The molecule has 0 spiro atoms. The van der Waals surface area contributed by atoms with Crippen molar-refractivity contribution in [3.05, 3.63) is 13.9 Å². The summed E-state index contributed by atoms with van der Waals surface area (Å²) in [7, 11) is 0. The maximum atomic E-state index is 11.6. The number of halogens is 3. The molecule has 1 amide bonds. The van der Waals surface area contributed by atoms with Crippen molar-refractivity contribution in [1.82, 2.24) is 24.0 Å². The maximum absolute atomic E-state index is 11.6. The van der Waals surface area contributed by atoms with Crippen LogP contribution < -0.4 is 10.2 Å². The number of nitrogens with one attached hydrogen (secondary N) is 1. The summed E-state index contributed by atoms with van der Waals surface area (Å²) in [6.45, 7) is 6.24. The van der Waals surface area contributed by atoms with Gasteiger partial charge >= 0.3 is 6.09 Å². The van der Waals surface area contributed by atoms with Crippen LogP contribution in [0.1, 0.15) is 26.7 Å². The molecule has 1 fully saturated rings. The van der Waals surface area contributed by atoms with Gasteiger partial charge in [0.15, 0.2) is 0 Å². The monoisotopic (exact) mass is 560 g/mol. The van der Waals surface area contributed by atoms with Crippen molar-refractivity contribution in [2.24, 2.45) is 5.92 Å². The number of hydrogen-bond donors (Lipinski definition) is 1. The molecular weight excluding hydrogens is 544 g/mol. The SMILES string of the molecule is CC(C)COC(=O)NC1CCN(c2nc(Br)ns2)CC1.Clc1nc(Br)ns1. The summed E-state index contributed by atoms with van der Waals surface area (Å²) in [5.41, 5.74) is 0. The van der Waals surface area contributed by atoms with E-state index in [4.69, 9.17) is 16.3 Å². The smallest absolute Gasteiger partial charge is 0.407 e. The van der Waals surface area contributed by atoms with E-state index in [1.54, 1.807) is 0 Å². The highest BCUT2D eigenvalue weighted by Crippen LogP contribution is 2.23. The van der Waals surface area contributed by atoms with Gasteiger partial charge in [-0.25, -0.2) is 4.79 Å². The number of rotatable bonds is 4. The van der Waals surface area contributed by atoms with Gasteiger partial charge in [0.25, 0.3) is 0 Å². The van der Waals surface area contributed by atoms with Gasteiger partial charge in [0.2, 0.25) is 19.1 Å². The molecule has 27 heavy (non-hydrogen) atoms. The number of nitrogens with zero attached hydrogens (tertiary/aromatic N) is 5. The zero-order chi connectivity index (χ0) is 19.8. The number of ether oxygens (including phenoxy) is 1. The largest absolute Gasteiger partial charge is 0.449 e. The Labute approximate surface area is 187 Å². The first kappa shape index (κ1) is 22.7. The summed E-state index contributed by atoms with van der Waals surface area (Å²) in [6.07, 6.45) is 1.48. The minimum atomic E-state index is -0.309. The Morgan fingerprint density at radius 3 is 2.33 bits per heavy atom. The minimum Gasteiger partial charge on any atom is -0.449 e. The number of piperidine rings is 1. The highest BCUT2D eigenvalue weighted by Gasteiger charge is 2.23. The molecule has 2 aromatic rings. The summed E-state index contributed by atoms with van der Waals surface area (Å²) >= 11 is 14.2. The second kappa shape index (κ2) is 11.4. The van der Waals surface area contributed by atoms with Crippen molar-refractivity contribution in [3.63, 3.8) is 0 Å². The van der Waals surface area contributed by atoms with Crippen molar-refractivity contribution in [2.45, 2.75) is 32.7 Å². The first-order valence-electron chi connectivity index (χ1n) is 8.15. The Balaban J connectivity index is 0.000000313. The molecule has 0 unspecified atom stereocenters. The number of aromatic nitrogens is 4. The van der Waals surface area contributed by atoms with E-state index in [2.05, 4.69) is 60.8 Å². The number of alkyl carbamates (subject to hydrolysis) is 1. The van der Waals surface area contributed by atoms with E-state index in [1.807, 2.05) is 13.8 Å². The first-order chi connectivity index (χ1) is 12.8. The Morgan fingerprint density at radius 1 is 1.26 bits per heavy atom. The van der Waals surface area contributed by atoms with Gasteiger partial charge in [-0.3, -0.25) is 0 Å². The first-order valence-corrected chi connectivity index (χ1v) is 11.7. The van der Waals surface area contributed by atoms with Gasteiger partial charge in [-0.15, -0.1) is 0 Å². The Bertz CT molecular complexity index is 708. The average Bonchev–Trinajstić information content (AvgIpc) is 3.22. The molecule has 2 aromatic heterocycles. The van der Waals surface area contributed by atoms with Gasteiger partial charge < -0.3 is 15.0 Å². The molecule has 1 N–H and O–H groups in total. The zero-order valence-corrected chi connectivity index (χ0v) is 20.3. The number of amides is 1. The van der Waals surface area contributed by atoms with E-state index in [0.29, 0.717) is 26.5 Å². The van der Waals surface area contributed by atoms with Crippen LogP contribution in [-0.2, 0) is 4.74 Å². The van der Waals surface area contributed by atoms with Crippen LogP contribution in [0.4, 0.5) is 9.93 Å². The second-order valence-electron chi connectivity index (χ2n) is 6.06. The van der Waals surface area contributed by atoms with Crippen LogP contribution in [0.5, 0.6) is 0 Å². The van der Waals surface area contributed by atoms with Crippen LogP contribution in [0.2, 0.25) is 4.47 Å². The third-order valence-electron chi connectivity index (χ3n) is 3.40. The zero-order valence-electron chi connectivity index (χ0n) is 14.7. The Kier molecular flexibility index (Phi) is 9.63. The third kappa shape index (κ3) is 8.55. The normalized spacial score (nSPS) is 14.7. The standard InChI is InChI=1S/C12H19BrN4O2S.C2BrClN2S/c1-8(2)7-19-12(18)14-9-3-5-17(6-4-9)11-15-10(13)16-20-11;3-1-5-2(4)7-6-1/h8-9H,3-7H2,1-2H3,(H,14,18);. The fourth-order valence-corrected chi connectivity index (χ4v) is 4.42. The Hall–Kier alpha value is -0.560. The average molecular weight is 563 g/mol. The van der Waals surface area contributed by atoms with E-state index in [-0.39, 0.29) is 12.1 Å². The molecule has 1 aliphatic rings. The molecule has 3 rings (SSSR count). The lowest BCUT2D eigenvalue weighted by Crippen LogP contribution is -2.45. The van der Waals surface area contributed by atoms with Gasteiger partial charge in [-0.2, -0.15) is 18.7 Å². The number of hydrogen-bond acceptors (Lipinski definition) is 9. The van der Waals surface area contributed by atoms with Crippen LogP contribution in [-0.4, -0.2) is 50.5 Å². The molecule has 0 radical (unpaired) electrons. The van der Waals surface area contributed by atoms with Crippen LogP contribution in [0, 0.1) is 5.92 Å². The molecule has 0 aromatic carbocycles. The van der Waals surface area contributed by atoms with Crippen molar-refractivity contribution >= 4 is 77.8 Å². The van der Waals surface area contributed by atoms with Gasteiger partial charge in [-0.05, 0) is 73.8 Å². The van der Waals surface area contributed by atoms with Crippen molar-refractivity contribution < 1.29 is 9.53 Å². The number of anilines is 1. The molecular formula is C14H19Br2ClN6O2S2. The van der Waals surface area contributed by atoms with Gasteiger partial charge in [0.1, 0.15) is 0 Å². The molecule has 0 atom stereocenters. The molecule has 1 aliphatic heterocycles. The van der Waals surface area contributed by atoms with Crippen molar-refractivity contribution in [3.8, 4) is 0 Å².